The van der Waals surface area contributed by atoms with E-state index in [4.69, 9.17) is 12.2 Å². The summed E-state index contributed by atoms with van der Waals surface area (Å²) in [5, 5.41) is 9.60. The Morgan fingerprint density at radius 1 is 1.37 bits per heavy atom. The maximum atomic E-state index is 12.9. The number of rotatable bonds is 6. The summed E-state index contributed by atoms with van der Waals surface area (Å²) in [5.74, 6) is 0.293. The summed E-state index contributed by atoms with van der Waals surface area (Å²) in [5.41, 5.74) is 0.981. The molecule has 1 aliphatic heterocycles. The zero-order valence-electron chi connectivity index (χ0n) is 15.3. The lowest BCUT2D eigenvalue weighted by Gasteiger charge is -2.23. The molecular formula is C17H23N5O3S2. The van der Waals surface area contributed by atoms with Crippen molar-refractivity contribution in [3.8, 4) is 0 Å². The molecule has 1 atom stereocenters. The number of aryl methyl sites for hydroxylation is 1. The van der Waals surface area contributed by atoms with E-state index in [0.29, 0.717) is 36.5 Å². The van der Waals surface area contributed by atoms with Gasteiger partial charge >= 0.3 is 0 Å². The molecule has 1 saturated heterocycles. The fraction of sp³-hybridized carbons (Fsp3) is 0.471. The monoisotopic (exact) mass is 409 g/mol. The van der Waals surface area contributed by atoms with Crippen molar-refractivity contribution in [2.75, 3.05) is 6.54 Å². The van der Waals surface area contributed by atoms with Gasteiger partial charge in [0, 0.05) is 13.1 Å². The van der Waals surface area contributed by atoms with Crippen molar-refractivity contribution >= 4 is 28.1 Å². The number of carbonyl (C=O) groups is 1. The van der Waals surface area contributed by atoms with Crippen molar-refractivity contribution in [3.05, 3.63) is 40.4 Å². The quantitative estimate of drug-likeness (QED) is 0.708. The summed E-state index contributed by atoms with van der Waals surface area (Å²) >= 11 is 5.13. The SMILES string of the molecule is CCn1c(CNC(=O)[C@@H]2CCCN2S(=O)(=O)c2ccc(C)cc2)n[nH]c1=S. The fourth-order valence-electron chi connectivity index (χ4n) is 3.23. The smallest absolute Gasteiger partial charge is 0.243 e. The second kappa shape index (κ2) is 7.91. The van der Waals surface area contributed by atoms with Crippen LogP contribution in [0.25, 0.3) is 0 Å². The number of nitrogens with one attached hydrogen (secondary N) is 2. The van der Waals surface area contributed by atoms with Crippen LogP contribution in [-0.4, -0.2) is 46.0 Å². The summed E-state index contributed by atoms with van der Waals surface area (Å²) in [6.45, 7) is 4.99. The van der Waals surface area contributed by atoms with Gasteiger partial charge in [-0.05, 0) is 51.0 Å². The lowest BCUT2D eigenvalue weighted by atomic mass is 10.2. The van der Waals surface area contributed by atoms with Gasteiger partial charge in [-0.3, -0.25) is 9.89 Å². The van der Waals surface area contributed by atoms with Crippen molar-refractivity contribution < 1.29 is 13.2 Å². The Morgan fingerprint density at radius 2 is 2.07 bits per heavy atom. The molecule has 2 N–H and O–H groups in total. The Hall–Kier alpha value is -2.04. The number of hydrogen-bond donors (Lipinski definition) is 2. The molecular weight excluding hydrogens is 386 g/mol. The van der Waals surface area contributed by atoms with Crippen molar-refractivity contribution in [2.45, 2.75) is 50.7 Å². The van der Waals surface area contributed by atoms with Gasteiger partial charge < -0.3 is 9.88 Å². The first-order chi connectivity index (χ1) is 12.8. The highest BCUT2D eigenvalue weighted by molar-refractivity contribution is 7.89. The first-order valence-corrected chi connectivity index (χ1v) is 10.7. The van der Waals surface area contributed by atoms with Crippen LogP contribution in [0, 0.1) is 11.7 Å². The topological polar surface area (TPSA) is 100 Å². The molecule has 2 aromatic rings. The zero-order chi connectivity index (χ0) is 19.6. The van der Waals surface area contributed by atoms with Crippen LogP contribution in [0.5, 0.6) is 0 Å². The van der Waals surface area contributed by atoms with Crippen LogP contribution in [0.15, 0.2) is 29.2 Å². The molecule has 1 fully saturated rings. The third-order valence-corrected chi connectivity index (χ3v) is 6.94. The van der Waals surface area contributed by atoms with Gasteiger partial charge in [-0.2, -0.15) is 9.40 Å². The maximum Gasteiger partial charge on any atom is 0.243 e. The Morgan fingerprint density at radius 3 is 2.74 bits per heavy atom. The average molecular weight is 410 g/mol. The molecule has 0 bridgehead atoms. The molecule has 1 aliphatic rings. The number of benzene rings is 1. The van der Waals surface area contributed by atoms with E-state index >= 15 is 0 Å². The van der Waals surface area contributed by atoms with E-state index in [0.717, 1.165) is 5.56 Å². The zero-order valence-corrected chi connectivity index (χ0v) is 16.9. The molecule has 0 aliphatic carbocycles. The van der Waals surface area contributed by atoms with Crippen molar-refractivity contribution in [2.24, 2.45) is 0 Å². The third-order valence-electron chi connectivity index (χ3n) is 4.71. The standard InChI is InChI=1S/C17H23N5O3S2/c1-3-21-15(19-20-17(21)26)11-18-16(23)14-5-4-10-22(14)27(24,25)13-8-6-12(2)7-9-13/h6-9,14H,3-5,10-11H2,1-2H3,(H,18,23)(H,20,26)/t14-/m0/s1. The molecule has 0 radical (unpaired) electrons. The second-order valence-electron chi connectivity index (χ2n) is 6.49. The molecule has 10 heteroatoms. The number of nitrogens with zero attached hydrogens (tertiary/aromatic N) is 3. The molecule has 1 amide bonds. The van der Waals surface area contributed by atoms with Gasteiger partial charge in [0.1, 0.15) is 6.04 Å². The maximum absolute atomic E-state index is 12.9. The number of aromatic amines is 1. The number of amides is 1. The largest absolute Gasteiger partial charge is 0.347 e. The molecule has 0 spiro atoms. The highest BCUT2D eigenvalue weighted by atomic mass is 32.2. The first-order valence-electron chi connectivity index (χ1n) is 8.85. The highest BCUT2D eigenvalue weighted by Crippen LogP contribution is 2.26. The number of carbonyl (C=O) groups excluding carboxylic acids is 1. The van der Waals surface area contributed by atoms with Crippen LogP contribution in [0.3, 0.4) is 0 Å². The van der Waals surface area contributed by atoms with Gasteiger partial charge in [-0.15, -0.1) is 0 Å². The van der Waals surface area contributed by atoms with E-state index in [1.165, 1.54) is 4.31 Å². The van der Waals surface area contributed by atoms with E-state index in [1.54, 1.807) is 28.8 Å². The minimum atomic E-state index is -3.71. The minimum absolute atomic E-state index is 0.189. The van der Waals surface area contributed by atoms with Gasteiger partial charge in [-0.1, -0.05) is 17.7 Å². The Bertz CT molecular complexity index is 979. The molecule has 3 rings (SSSR count). The molecule has 1 aromatic heterocycles. The van der Waals surface area contributed by atoms with Gasteiger partial charge in [-0.25, -0.2) is 8.42 Å². The van der Waals surface area contributed by atoms with E-state index in [9.17, 15) is 13.2 Å². The second-order valence-corrected chi connectivity index (χ2v) is 8.77. The van der Waals surface area contributed by atoms with E-state index in [-0.39, 0.29) is 17.3 Å². The predicted molar refractivity (Wildman–Crippen MR) is 103 cm³/mol. The van der Waals surface area contributed by atoms with Gasteiger partial charge in [0.05, 0.1) is 11.4 Å². The number of H-pyrrole nitrogens is 1. The Labute approximate surface area is 163 Å². The summed E-state index contributed by atoms with van der Waals surface area (Å²) in [4.78, 5) is 12.9. The van der Waals surface area contributed by atoms with Crippen LogP contribution in [0.2, 0.25) is 0 Å². The third kappa shape index (κ3) is 3.97. The number of aromatic nitrogens is 3. The van der Waals surface area contributed by atoms with Crippen molar-refractivity contribution in [1.29, 1.82) is 0 Å². The molecule has 146 valence electrons. The van der Waals surface area contributed by atoms with Crippen LogP contribution >= 0.6 is 12.2 Å². The fourth-order valence-corrected chi connectivity index (χ4v) is 5.17. The lowest BCUT2D eigenvalue weighted by Crippen LogP contribution is -2.45. The Kier molecular flexibility index (Phi) is 5.78. The molecule has 1 aromatic carbocycles. The first kappa shape index (κ1) is 19.7. The van der Waals surface area contributed by atoms with Crippen LogP contribution in [0.4, 0.5) is 0 Å². The normalized spacial score (nSPS) is 17.9. The summed E-state index contributed by atoms with van der Waals surface area (Å²) in [6, 6.07) is 5.96. The van der Waals surface area contributed by atoms with Crippen LogP contribution in [0.1, 0.15) is 31.2 Å². The molecule has 8 nitrogen and oxygen atoms in total. The van der Waals surface area contributed by atoms with Crippen LogP contribution < -0.4 is 5.32 Å². The molecule has 0 unspecified atom stereocenters. The van der Waals surface area contributed by atoms with E-state index < -0.39 is 16.1 Å². The predicted octanol–water partition coefficient (Wildman–Crippen LogP) is 1.74. The van der Waals surface area contributed by atoms with E-state index in [1.807, 2.05) is 13.8 Å². The summed E-state index contributed by atoms with van der Waals surface area (Å²) < 4.78 is 29.5. The summed E-state index contributed by atoms with van der Waals surface area (Å²) in [7, 11) is -3.71. The van der Waals surface area contributed by atoms with E-state index in [2.05, 4.69) is 15.5 Å². The van der Waals surface area contributed by atoms with Gasteiger partial charge in [0.2, 0.25) is 15.9 Å². The lowest BCUT2D eigenvalue weighted by molar-refractivity contribution is -0.124. The Balaban J connectivity index is 1.74. The number of hydrogen-bond acceptors (Lipinski definition) is 5. The molecule has 0 saturated carbocycles. The molecule has 27 heavy (non-hydrogen) atoms. The summed E-state index contributed by atoms with van der Waals surface area (Å²) in [6.07, 6.45) is 1.15. The van der Waals surface area contributed by atoms with Crippen LogP contribution in [-0.2, 0) is 27.9 Å². The van der Waals surface area contributed by atoms with Gasteiger partial charge in [0.25, 0.3) is 0 Å². The molecule has 2 heterocycles. The van der Waals surface area contributed by atoms with Crippen molar-refractivity contribution in [3.63, 3.8) is 0 Å². The highest BCUT2D eigenvalue weighted by Gasteiger charge is 2.39. The minimum Gasteiger partial charge on any atom is -0.347 e. The number of sulfonamides is 1. The van der Waals surface area contributed by atoms with Crippen molar-refractivity contribution in [1.82, 2.24) is 24.4 Å². The van der Waals surface area contributed by atoms with Gasteiger partial charge in [0.15, 0.2) is 10.6 Å². The average Bonchev–Trinajstić information content (AvgIpc) is 3.27.